The van der Waals surface area contributed by atoms with Crippen molar-refractivity contribution in [1.82, 2.24) is 0 Å². The minimum Gasteiger partial charge on any atom is -0.393 e. The van der Waals surface area contributed by atoms with Crippen LogP contribution in [0.15, 0.2) is 0 Å². The average Bonchev–Trinajstić information content (AvgIpc) is 3.39. The number of fused-ring (bicyclic) bond motifs is 4. The Labute approximate surface area is 192 Å². The Morgan fingerprint density at radius 3 is 2.31 bits per heavy atom. The van der Waals surface area contributed by atoms with Gasteiger partial charge in [-0.1, -0.05) is 34.6 Å². The second-order valence-corrected chi connectivity index (χ2v) is 13.9. The predicted octanol–water partition coefficient (Wildman–Crippen LogP) is 3.44. The molecule has 4 N–H and O–H groups in total. The highest BCUT2D eigenvalue weighted by Gasteiger charge is 2.86. The zero-order valence-corrected chi connectivity index (χ0v) is 20.6. The molecule has 1 heterocycles. The molecule has 6 aliphatic rings. The predicted molar refractivity (Wildman–Crippen MR) is 122 cm³/mol. The molecule has 5 nitrogen and oxygen atoms in total. The molecule has 6 rings (SSSR count). The molecule has 32 heavy (non-hydrogen) atoms. The quantitative estimate of drug-likeness (QED) is 0.538. The van der Waals surface area contributed by atoms with E-state index in [0.717, 1.165) is 38.4 Å². The van der Waals surface area contributed by atoms with Gasteiger partial charge < -0.3 is 25.5 Å². The van der Waals surface area contributed by atoms with Gasteiger partial charge in [-0.25, -0.2) is 0 Å². The zero-order valence-electron chi connectivity index (χ0n) is 20.6. The van der Waals surface area contributed by atoms with Gasteiger partial charge in [0.1, 0.15) is 18.5 Å². The fourth-order valence-electron chi connectivity index (χ4n) is 11.4. The number of rotatable bonds is 1. The van der Waals surface area contributed by atoms with Gasteiger partial charge in [0.25, 0.3) is 0 Å². The van der Waals surface area contributed by atoms with E-state index in [4.69, 9.17) is 10.5 Å². The first-order chi connectivity index (χ1) is 14.9. The number of aliphatic hydroxyl groups is 2. The molecule has 6 fully saturated rings. The summed E-state index contributed by atoms with van der Waals surface area (Å²) in [6.07, 6.45) is 7.42. The molecule has 0 radical (unpaired) electrons. The van der Waals surface area contributed by atoms with Crippen LogP contribution in [0.25, 0.3) is 0 Å². The van der Waals surface area contributed by atoms with E-state index in [9.17, 15) is 15.0 Å². The summed E-state index contributed by atoms with van der Waals surface area (Å²) in [6, 6.07) is 0. The summed E-state index contributed by atoms with van der Waals surface area (Å²) in [5.41, 5.74) is 6.68. The molecule has 5 heteroatoms. The van der Waals surface area contributed by atoms with E-state index >= 15 is 0 Å². The molecule has 0 bridgehead atoms. The highest BCUT2D eigenvalue weighted by Crippen LogP contribution is 2.89. The SMILES string of the molecule is C[C@@H]1C[C@H](C=O)O[C@@H]2[C@H](O)[C@@]3(C)C4CCC5C(C)(C)[C@@H](O)CC[C@@]56C[C@@]46CC[C@]3(C)C12N. The first kappa shape index (κ1) is 22.0. The highest BCUT2D eigenvalue weighted by atomic mass is 16.5. The van der Waals surface area contributed by atoms with Gasteiger partial charge in [0, 0.05) is 5.41 Å². The van der Waals surface area contributed by atoms with Gasteiger partial charge in [-0.15, -0.1) is 0 Å². The van der Waals surface area contributed by atoms with E-state index in [1.165, 1.54) is 12.8 Å². The largest absolute Gasteiger partial charge is 0.393 e. The number of aldehydes is 1. The third-order valence-electron chi connectivity index (χ3n) is 13.4. The molecule has 180 valence electrons. The number of ether oxygens (including phenoxy) is 1. The minimum atomic E-state index is -0.652. The fraction of sp³-hybridized carbons (Fsp3) is 0.963. The molecule has 1 aliphatic heterocycles. The number of carbonyl (C=O) groups is 1. The number of hydrogen-bond acceptors (Lipinski definition) is 5. The van der Waals surface area contributed by atoms with E-state index in [2.05, 4.69) is 34.6 Å². The number of nitrogens with two attached hydrogens (primary N) is 1. The second-order valence-electron chi connectivity index (χ2n) is 13.9. The maximum absolute atomic E-state index is 12.0. The fourth-order valence-corrected chi connectivity index (χ4v) is 11.4. The molecule has 1 saturated heterocycles. The molecule has 0 aromatic carbocycles. The van der Waals surface area contributed by atoms with Crippen LogP contribution >= 0.6 is 0 Å². The summed E-state index contributed by atoms with van der Waals surface area (Å²) in [6.45, 7) is 11.4. The standard InChI is InChI=1S/C27H43NO4/c1-15-12-16(13-29)32-21-20(31)24(5)18-7-6-17-22(2,3)19(30)8-9-25(17)14-26(18,25)11-10-23(24,4)27(15,21)28/h13,15-21,30-31H,6-12,14,28H2,1-5H3/t15-,16-,17?,18?,19+,20+,21-,23+,24-,25-,26+,27?/m1/s1. The maximum atomic E-state index is 12.0. The van der Waals surface area contributed by atoms with E-state index in [0.29, 0.717) is 23.7 Å². The van der Waals surface area contributed by atoms with Crippen LogP contribution in [0.4, 0.5) is 0 Å². The Hall–Kier alpha value is -0.490. The maximum Gasteiger partial charge on any atom is 0.148 e. The van der Waals surface area contributed by atoms with Gasteiger partial charge in [-0.2, -0.15) is 0 Å². The summed E-state index contributed by atoms with van der Waals surface area (Å²) < 4.78 is 6.27. The number of carbonyl (C=O) groups excluding carboxylic acids is 1. The third-order valence-corrected chi connectivity index (χ3v) is 13.4. The van der Waals surface area contributed by atoms with Crippen LogP contribution < -0.4 is 5.73 Å². The number of hydrogen-bond donors (Lipinski definition) is 3. The summed E-state index contributed by atoms with van der Waals surface area (Å²) in [4.78, 5) is 11.6. The normalized spacial score (nSPS) is 64.4. The van der Waals surface area contributed by atoms with E-state index in [1.54, 1.807) is 0 Å². The van der Waals surface area contributed by atoms with Crippen molar-refractivity contribution in [2.45, 2.75) is 116 Å². The molecular weight excluding hydrogens is 402 g/mol. The minimum absolute atomic E-state index is 0.0411. The molecule has 5 saturated carbocycles. The van der Waals surface area contributed by atoms with Crippen LogP contribution in [0.1, 0.15) is 86.0 Å². The van der Waals surface area contributed by atoms with Crippen molar-refractivity contribution >= 4 is 6.29 Å². The van der Waals surface area contributed by atoms with Crippen molar-refractivity contribution in [1.29, 1.82) is 0 Å². The molecule has 3 unspecified atom stereocenters. The Kier molecular flexibility index (Phi) is 4.13. The molecule has 0 aromatic heterocycles. The zero-order chi connectivity index (χ0) is 23.1. The number of aliphatic hydroxyl groups excluding tert-OH is 2. The summed E-state index contributed by atoms with van der Waals surface area (Å²) in [5.74, 6) is 1.10. The van der Waals surface area contributed by atoms with Crippen LogP contribution in [0.3, 0.4) is 0 Å². The van der Waals surface area contributed by atoms with Crippen LogP contribution in [-0.4, -0.2) is 46.5 Å². The summed E-state index contributed by atoms with van der Waals surface area (Å²) in [7, 11) is 0. The van der Waals surface area contributed by atoms with Crippen molar-refractivity contribution in [3.63, 3.8) is 0 Å². The summed E-state index contributed by atoms with van der Waals surface area (Å²) >= 11 is 0. The average molecular weight is 446 g/mol. The lowest BCUT2D eigenvalue weighted by Gasteiger charge is -2.65. The topological polar surface area (TPSA) is 92.8 Å². The third kappa shape index (κ3) is 1.96. The monoisotopic (exact) mass is 445 g/mol. The van der Waals surface area contributed by atoms with Crippen molar-refractivity contribution in [2.75, 3.05) is 0 Å². The van der Waals surface area contributed by atoms with Crippen LogP contribution in [0.5, 0.6) is 0 Å². The van der Waals surface area contributed by atoms with Crippen molar-refractivity contribution in [2.24, 2.45) is 50.6 Å². The molecular formula is C27H43NO4. The Morgan fingerprint density at radius 2 is 1.62 bits per heavy atom. The van der Waals surface area contributed by atoms with E-state index < -0.39 is 23.9 Å². The van der Waals surface area contributed by atoms with Gasteiger partial charge >= 0.3 is 0 Å². The van der Waals surface area contributed by atoms with Crippen molar-refractivity contribution in [3.05, 3.63) is 0 Å². The van der Waals surface area contributed by atoms with Gasteiger partial charge in [-0.05, 0) is 90.8 Å². The van der Waals surface area contributed by atoms with Crippen LogP contribution in [0, 0.1) is 44.8 Å². The molecule has 2 spiro atoms. The van der Waals surface area contributed by atoms with Gasteiger partial charge in [-0.3, -0.25) is 0 Å². The smallest absolute Gasteiger partial charge is 0.148 e. The van der Waals surface area contributed by atoms with Crippen molar-refractivity contribution < 1.29 is 19.7 Å². The molecule has 5 aliphatic carbocycles. The Morgan fingerprint density at radius 1 is 0.969 bits per heavy atom. The summed E-state index contributed by atoms with van der Waals surface area (Å²) in [5, 5.41) is 22.8. The second kappa shape index (κ2) is 6.01. The van der Waals surface area contributed by atoms with Crippen molar-refractivity contribution in [3.8, 4) is 0 Å². The van der Waals surface area contributed by atoms with E-state index in [1.807, 2.05) is 0 Å². The van der Waals surface area contributed by atoms with Crippen LogP contribution in [-0.2, 0) is 9.53 Å². The molecule has 0 amide bonds. The molecule has 12 atom stereocenters. The van der Waals surface area contributed by atoms with Crippen LogP contribution in [0.2, 0.25) is 0 Å². The van der Waals surface area contributed by atoms with Gasteiger partial charge in [0.15, 0.2) is 0 Å². The first-order valence-electron chi connectivity index (χ1n) is 13.1. The Bertz CT molecular complexity index is 861. The first-order valence-corrected chi connectivity index (χ1v) is 13.1. The lowest BCUT2D eigenvalue weighted by Crippen LogP contribution is -2.69. The van der Waals surface area contributed by atoms with Gasteiger partial charge in [0.05, 0.1) is 17.7 Å². The highest BCUT2D eigenvalue weighted by molar-refractivity contribution is 5.57. The lowest BCUT2D eigenvalue weighted by atomic mass is 9.40. The van der Waals surface area contributed by atoms with E-state index in [-0.39, 0.29) is 33.7 Å². The van der Waals surface area contributed by atoms with Gasteiger partial charge in [0.2, 0.25) is 0 Å². The molecule has 0 aromatic rings. The Balaban J connectivity index is 1.44. The lowest BCUT2D eigenvalue weighted by molar-refractivity contribution is -0.184.